The predicted octanol–water partition coefficient (Wildman–Crippen LogP) is 2.15. The summed E-state index contributed by atoms with van der Waals surface area (Å²) in [4.78, 5) is 0.322. The van der Waals surface area contributed by atoms with E-state index in [0.717, 1.165) is 18.7 Å². The van der Waals surface area contributed by atoms with E-state index < -0.39 is 9.84 Å². The van der Waals surface area contributed by atoms with Crippen LogP contribution < -0.4 is 5.32 Å². The maximum atomic E-state index is 11.3. The zero-order valence-electron chi connectivity index (χ0n) is 10.5. The Morgan fingerprint density at radius 2 is 1.94 bits per heavy atom. The van der Waals surface area contributed by atoms with Crippen LogP contribution in [0.1, 0.15) is 6.42 Å². The van der Waals surface area contributed by atoms with Crippen LogP contribution in [0.3, 0.4) is 0 Å². The third kappa shape index (κ3) is 5.25. The van der Waals surface area contributed by atoms with Crippen LogP contribution >= 0.6 is 11.6 Å². The molecule has 0 aliphatic carbocycles. The molecular weight excluding hydrogens is 274 g/mol. The molecular formula is C12H18ClNO3S. The van der Waals surface area contributed by atoms with E-state index in [-0.39, 0.29) is 5.38 Å². The molecule has 1 unspecified atom stereocenters. The number of sulfone groups is 1. The molecule has 102 valence electrons. The average molecular weight is 292 g/mol. The SMILES string of the molecule is COCC(Cl)CCNc1ccc(S(C)(=O)=O)cc1. The zero-order valence-corrected chi connectivity index (χ0v) is 12.1. The Hall–Kier alpha value is -0.780. The maximum Gasteiger partial charge on any atom is 0.175 e. The number of hydrogen-bond donors (Lipinski definition) is 1. The lowest BCUT2D eigenvalue weighted by molar-refractivity contribution is 0.196. The maximum absolute atomic E-state index is 11.3. The predicted molar refractivity (Wildman–Crippen MR) is 74.2 cm³/mol. The molecule has 0 amide bonds. The number of ether oxygens (including phenoxy) is 1. The molecule has 0 aromatic heterocycles. The lowest BCUT2D eigenvalue weighted by Gasteiger charge is -2.10. The number of rotatable bonds is 7. The number of halogens is 1. The van der Waals surface area contributed by atoms with Crippen LogP contribution in [0, 0.1) is 0 Å². The van der Waals surface area contributed by atoms with Gasteiger partial charge in [0.2, 0.25) is 0 Å². The Balaban J connectivity index is 2.45. The van der Waals surface area contributed by atoms with Crippen LogP contribution in [-0.4, -0.2) is 40.3 Å². The summed E-state index contributed by atoms with van der Waals surface area (Å²) < 4.78 is 27.5. The van der Waals surface area contributed by atoms with Gasteiger partial charge < -0.3 is 10.1 Å². The number of anilines is 1. The zero-order chi connectivity index (χ0) is 13.6. The molecule has 1 aromatic rings. The van der Waals surface area contributed by atoms with Crippen LogP contribution in [0.2, 0.25) is 0 Å². The Labute approximate surface area is 113 Å². The standard InChI is InChI=1S/C12H18ClNO3S/c1-17-9-10(13)7-8-14-11-3-5-12(6-4-11)18(2,15)16/h3-6,10,14H,7-9H2,1-2H3. The highest BCUT2D eigenvalue weighted by atomic mass is 35.5. The third-order valence-electron chi connectivity index (χ3n) is 2.42. The molecule has 0 aliphatic rings. The minimum atomic E-state index is -3.13. The second-order valence-electron chi connectivity index (χ2n) is 4.06. The molecule has 0 saturated carbocycles. The van der Waals surface area contributed by atoms with Crippen molar-refractivity contribution in [2.75, 3.05) is 31.8 Å². The minimum absolute atomic E-state index is 0.0159. The number of methoxy groups -OCH3 is 1. The summed E-state index contributed by atoms with van der Waals surface area (Å²) in [5.74, 6) is 0. The van der Waals surface area contributed by atoms with Crippen molar-refractivity contribution in [3.8, 4) is 0 Å². The monoisotopic (exact) mass is 291 g/mol. The van der Waals surface area contributed by atoms with Gasteiger partial charge in [-0.3, -0.25) is 0 Å². The lowest BCUT2D eigenvalue weighted by atomic mass is 10.3. The highest BCUT2D eigenvalue weighted by Gasteiger charge is 2.06. The van der Waals surface area contributed by atoms with E-state index in [9.17, 15) is 8.42 Å². The summed E-state index contributed by atoms with van der Waals surface area (Å²) in [6.07, 6.45) is 1.97. The molecule has 0 saturated heterocycles. The van der Waals surface area contributed by atoms with Crippen LogP contribution in [0.4, 0.5) is 5.69 Å². The molecule has 1 N–H and O–H groups in total. The molecule has 0 radical (unpaired) electrons. The summed E-state index contributed by atoms with van der Waals surface area (Å²) in [7, 11) is -1.51. The summed E-state index contributed by atoms with van der Waals surface area (Å²) in [6, 6.07) is 6.67. The second kappa shape index (κ2) is 6.97. The van der Waals surface area contributed by atoms with Gasteiger partial charge >= 0.3 is 0 Å². The molecule has 1 aromatic carbocycles. The van der Waals surface area contributed by atoms with Gasteiger partial charge in [-0.2, -0.15) is 0 Å². The molecule has 6 heteroatoms. The Bertz CT molecular complexity index is 459. The van der Waals surface area contributed by atoms with E-state index in [1.807, 2.05) is 0 Å². The fraction of sp³-hybridized carbons (Fsp3) is 0.500. The second-order valence-corrected chi connectivity index (χ2v) is 6.70. The first-order chi connectivity index (χ1) is 8.43. The molecule has 0 aliphatic heterocycles. The molecule has 4 nitrogen and oxygen atoms in total. The smallest absolute Gasteiger partial charge is 0.175 e. The third-order valence-corrected chi connectivity index (χ3v) is 3.89. The van der Waals surface area contributed by atoms with Crippen LogP contribution in [0.5, 0.6) is 0 Å². The van der Waals surface area contributed by atoms with Crippen molar-refractivity contribution in [1.82, 2.24) is 0 Å². The Morgan fingerprint density at radius 1 is 1.33 bits per heavy atom. The van der Waals surface area contributed by atoms with Gasteiger partial charge in [0, 0.05) is 25.6 Å². The number of benzene rings is 1. The number of nitrogens with one attached hydrogen (secondary N) is 1. The Morgan fingerprint density at radius 3 is 2.44 bits per heavy atom. The van der Waals surface area contributed by atoms with Gasteiger partial charge in [0.25, 0.3) is 0 Å². The normalized spacial score (nSPS) is 13.3. The van der Waals surface area contributed by atoms with Crippen LogP contribution in [0.25, 0.3) is 0 Å². The van der Waals surface area contributed by atoms with Crippen molar-refractivity contribution >= 4 is 27.1 Å². The summed E-state index contributed by atoms with van der Waals surface area (Å²) in [6.45, 7) is 1.24. The average Bonchev–Trinajstić information content (AvgIpc) is 2.29. The van der Waals surface area contributed by atoms with Crippen LogP contribution in [-0.2, 0) is 14.6 Å². The van der Waals surface area contributed by atoms with Crippen molar-refractivity contribution in [2.45, 2.75) is 16.7 Å². The molecule has 0 bridgehead atoms. The van der Waals surface area contributed by atoms with Gasteiger partial charge in [-0.05, 0) is 30.7 Å². The minimum Gasteiger partial charge on any atom is -0.385 e. The van der Waals surface area contributed by atoms with Crippen molar-refractivity contribution in [1.29, 1.82) is 0 Å². The van der Waals surface area contributed by atoms with Gasteiger partial charge in [-0.1, -0.05) is 0 Å². The summed E-state index contributed by atoms with van der Waals surface area (Å²) in [5.41, 5.74) is 0.878. The molecule has 18 heavy (non-hydrogen) atoms. The van der Waals surface area contributed by atoms with Gasteiger partial charge in [-0.15, -0.1) is 11.6 Å². The van der Waals surface area contributed by atoms with Gasteiger partial charge in [0.1, 0.15) is 0 Å². The first-order valence-corrected chi connectivity index (χ1v) is 7.93. The van der Waals surface area contributed by atoms with E-state index in [1.165, 1.54) is 6.26 Å². The van der Waals surface area contributed by atoms with E-state index in [4.69, 9.17) is 16.3 Å². The quantitative estimate of drug-likeness (QED) is 0.782. The van der Waals surface area contributed by atoms with E-state index in [2.05, 4.69) is 5.32 Å². The van der Waals surface area contributed by atoms with Crippen molar-refractivity contribution in [3.63, 3.8) is 0 Å². The first kappa shape index (κ1) is 15.3. The fourth-order valence-electron chi connectivity index (χ4n) is 1.46. The van der Waals surface area contributed by atoms with Crippen molar-refractivity contribution in [2.24, 2.45) is 0 Å². The highest BCUT2D eigenvalue weighted by Crippen LogP contribution is 2.14. The van der Waals surface area contributed by atoms with E-state index in [1.54, 1.807) is 31.4 Å². The van der Waals surface area contributed by atoms with Crippen LogP contribution in [0.15, 0.2) is 29.2 Å². The Kier molecular flexibility index (Phi) is 5.91. The van der Waals surface area contributed by atoms with E-state index in [0.29, 0.717) is 11.5 Å². The van der Waals surface area contributed by atoms with Crippen molar-refractivity contribution in [3.05, 3.63) is 24.3 Å². The first-order valence-electron chi connectivity index (χ1n) is 5.60. The number of alkyl halides is 1. The molecule has 0 heterocycles. The van der Waals surface area contributed by atoms with Crippen molar-refractivity contribution < 1.29 is 13.2 Å². The molecule has 0 spiro atoms. The molecule has 1 rings (SSSR count). The highest BCUT2D eigenvalue weighted by molar-refractivity contribution is 7.90. The summed E-state index contributed by atoms with van der Waals surface area (Å²) in [5, 5.41) is 3.16. The largest absolute Gasteiger partial charge is 0.385 e. The van der Waals surface area contributed by atoms with Gasteiger partial charge in [-0.25, -0.2) is 8.42 Å². The van der Waals surface area contributed by atoms with Gasteiger partial charge in [0.05, 0.1) is 16.9 Å². The number of hydrogen-bond acceptors (Lipinski definition) is 4. The van der Waals surface area contributed by atoms with E-state index >= 15 is 0 Å². The summed E-state index contributed by atoms with van der Waals surface area (Å²) >= 11 is 5.99. The van der Waals surface area contributed by atoms with Gasteiger partial charge in [0.15, 0.2) is 9.84 Å². The fourth-order valence-corrected chi connectivity index (χ4v) is 2.32. The lowest BCUT2D eigenvalue weighted by Crippen LogP contribution is -2.13. The molecule has 1 atom stereocenters. The topological polar surface area (TPSA) is 55.4 Å². The molecule has 0 fully saturated rings.